The molecule has 25 heavy (non-hydrogen) atoms. The monoisotopic (exact) mass is 347 g/mol. The molecule has 6 heteroatoms. The Morgan fingerprint density at radius 2 is 1.88 bits per heavy atom. The van der Waals surface area contributed by atoms with Gasteiger partial charge in [-0.05, 0) is 37.2 Å². The fourth-order valence-electron chi connectivity index (χ4n) is 3.97. The largest absolute Gasteiger partial charge is 0.399 e. The van der Waals surface area contributed by atoms with Crippen LogP contribution in [0.3, 0.4) is 0 Å². The molecule has 2 atom stereocenters. The first-order chi connectivity index (χ1) is 12.0. The van der Waals surface area contributed by atoms with E-state index in [0.717, 1.165) is 25.1 Å². The van der Waals surface area contributed by atoms with Gasteiger partial charge in [0.1, 0.15) is 0 Å². The topological polar surface area (TPSA) is 68.0 Å². The van der Waals surface area contributed by atoms with Crippen LogP contribution in [0.15, 0.2) is 24.3 Å². The molecule has 2 aliphatic rings. The van der Waals surface area contributed by atoms with E-state index < -0.39 is 5.79 Å². The summed E-state index contributed by atoms with van der Waals surface area (Å²) in [4.78, 5) is 17.2. The summed E-state index contributed by atoms with van der Waals surface area (Å²) in [7, 11) is 5.28. The summed E-state index contributed by atoms with van der Waals surface area (Å²) < 4.78 is 11.4. The number of ether oxygens (including phenoxy) is 2. The normalized spacial score (nSPS) is 25.6. The zero-order chi connectivity index (χ0) is 18.0. The Morgan fingerprint density at radius 1 is 1.24 bits per heavy atom. The molecule has 138 valence electrons. The van der Waals surface area contributed by atoms with Crippen molar-refractivity contribution in [3.63, 3.8) is 0 Å². The average Bonchev–Trinajstić information content (AvgIpc) is 2.95. The van der Waals surface area contributed by atoms with E-state index in [-0.39, 0.29) is 18.0 Å². The van der Waals surface area contributed by atoms with Gasteiger partial charge in [-0.25, -0.2) is 0 Å². The van der Waals surface area contributed by atoms with Gasteiger partial charge in [0.25, 0.3) is 0 Å². The van der Waals surface area contributed by atoms with Gasteiger partial charge < -0.3 is 20.1 Å². The Hall–Kier alpha value is -1.63. The van der Waals surface area contributed by atoms with Crippen molar-refractivity contribution >= 4 is 11.6 Å². The van der Waals surface area contributed by atoms with E-state index in [0.29, 0.717) is 18.5 Å². The first kappa shape index (κ1) is 18.2. The summed E-state index contributed by atoms with van der Waals surface area (Å²) in [5.41, 5.74) is 7.41. The number of carbonyl (C=O) groups is 1. The number of rotatable bonds is 6. The Bertz CT molecular complexity index is 596. The van der Waals surface area contributed by atoms with E-state index in [1.54, 1.807) is 14.2 Å². The van der Waals surface area contributed by atoms with Gasteiger partial charge in [0.2, 0.25) is 5.91 Å². The maximum absolute atomic E-state index is 12.8. The molecule has 1 aliphatic carbocycles. The van der Waals surface area contributed by atoms with Crippen molar-refractivity contribution in [2.75, 3.05) is 40.1 Å². The second-order valence-electron chi connectivity index (χ2n) is 7.17. The molecular weight excluding hydrogens is 318 g/mol. The third kappa shape index (κ3) is 3.66. The molecule has 2 N–H and O–H groups in total. The summed E-state index contributed by atoms with van der Waals surface area (Å²) in [6.07, 6.45) is 3.10. The molecule has 0 bridgehead atoms. The van der Waals surface area contributed by atoms with Crippen LogP contribution in [-0.4, -0.2) is 67.9 Å². The van der Waals surface area contributed by atoms with E-state index in [1.807, 2.05) is 36.2 Å². The van der Waals surface area contributed by atoms with Gasteiger partial charge in [-0.15, -0.1) is 0 Å². The predicted molar refractivity (Wildman–Crippen MR) is 97.1 cm³/mol. The zero-order valence-corrected chi connectivity index (χ0v) is 15.4. The van der Waals surface area contributed by atoms with Crippen LogP contribution in [0.2, 0.25) is 0 Å². The van der Waals surface area contributed by atoms with Gasteiger partial charge >= 0.3 is 0 Å². The number of carbonyl (C=O) groups excluding carboxylic acids is 1. The SMILES string of the molecule is COC1(OC)CC(N2CCC2)C(N(C)C(=O)Cc2ccc(N)cc2)C1. The van der Waals surface area contributed by atoms with Crippen LogP contribution >= 0.6 is 0 Å². The lowest BCUT2D eigenvalue weighted by atomic mass is 10.0. The maximum Gasteiger partial charge on any atom is 0.227 e. The molecule has 2 fully saturated rings. The second-order valence-corrected chi connectivity index (χ2v) is 7.17. The molecule has 1 saturated carbocycles. The molecule has 1 heterocycles. The van der Waals surface area contributed by atoms with E-state index in [1.165, 1.54) is 6.42 Å². The third-order valence-corrected chi connectivity index (χ3v) is 5.81. The molecule has 1 aromatic rings. The minimum atomic E-state index is -0.597. The zero-order valence-electron chi connectivity index (χ0n) is 15.4. The van der Waals surface area contributed by atoms with Crippen LogP contribution in [-0.2, 0) is 20.7 Å². The molecule has 1 saturated heterocycles. The molecule has 0 spiro atoms. The fraction of sp³-hybridized carbons (Fsp3) is 0.632. The van der Waals surface area contributed by atoms with Gasteiger partial charge in [0.15, 0.2) is 5.79 Å². The molecule has 0 radical (unpaired) electrons. The van der Waals surface area contributed by atoms with Gasteiger partial charge in [-0.2, -0.15) is 0 Å². The Labute approximate surface area is 149 Å². The summed E-state index contributed by atoms with van der Waals surface area (Å²) >= 11 is 0. The smallest absolute Gasteiger partial charge is 0.227 e. The summed E-state index contributed by atoms with van der Waals surface area (Å²) in [6.45, 7) is 2.18. The van der Waals surface area contributed by atoms with Crippen molar-refractivity contribution in [1.82, 2.24) is 9.80 Å². The van der Waals surface area contributed by atoms with Gasteiger partial charge in [-0.1, -0.05) is 12.1 Å². The Kier molecular flexibility index (Phi) is 5.32. The van der Waals surface area contributed by atoms with Crippen LogP contribution in [0.5, 0.6) is 0 Å². The summed E-state index contributed by atoms with van der Waals surface area (Å²) in [6, 6.07) is 7.88. The highest BCUT2D eigenvalue weighted by atomic mass is 16.7. The quantitative estimate of drug-likeness (QED) is 0.624. The van der Waals surface area contributed by atoms with E-state index >= 15 is 0 Å². The van der Waals surface area contributed by atoms with Crippen LogP contribution in [0.4, 0.5) is 5.69 Å². The Morgan fingerprint density at radius 3 is 2.40 bits per heavy atom. The van der Waals surface area contributed by atoms with Gasteiger partial charge in [-0.3, -0.25) is 9.69 Å². The van der Waals surface area contributed by atoms with Crippen molar-refractivity contribution in [1.29, 1.82) is 0 Å². The molecule has 1 aliphatic heterocycles. The standard InChI is InChI=1S/C19H29N3O3/c1-21(18(23)11-14-5-7-15(20)8-6-14)16-12-19(24-2,25-3)13-17(16)22-9-4-10-22/h5-8,16-17H,4,9-13,20H2,1-3H3. The van der Waals surface area contributed by atoms with Crippen molar-refractivity contribution in [2.24, 2.45) is 0 Å². The number of hydrogen-bond donors (Lipinski definition) is 1. The van der Waals surface area contributed by atoms with Crippen LogP contribution in [0, 0.1) is 0 Å². The van der Waals surface area contributed by atoms with Crippen molar-refractivity contribution in [3.05, 3.63) is 29.8 Å². The number of amides is 1. The lowest BCUT2D eigenvalue weighted by Gasteiger charge is -2.41. The van der Waals surface area contributed by atoms with Gasteiger partial charge in [0.05, 0.1) is 12.5 Å². The van der Waals surface area contributed by atoms with E-state index in [2.05, 4.69) is 4.90 Å². The van der Waals surface area contributed by atoms with E-state index in [4.69, 9.17) is 15.2 Å². The number of methoxy groups -OCH3 is 2. The number of nitrogen functional groups attached to an aromatic ring is 1. The van der Waals surface area contributed by atoms with Crippen LogP contribution < -0.4 is 5.73 Å². The Balaban J connectivity index is 1.72. The highest BCUT2D eigenvalue weighted by Crippen LogP contribution is 2.40. The number of nitrogens with zero attached hydrogens (tertiary/aromatic N) is 2. The lowest BCUT2D eigenvalue weighted by molar-refractivity contribution is -0.204. The second kappa shape index (κ2) is 7.32. The highest BCUT2D eigenvalue weighted by Gasteiger charge is 2.51. The number of nitrogens with two attached hydrogens (primary N) is 1. The first-order valence-corrected chi connectivity index (χ1v) is 8.92. The maximum atomic E-state index is 12.8. The minimum absolute atomic E-state index is 0.0986. The number of anilines is 1. The molecule has 0 aromatic heterocycles. The molecule has 1 amide bonds. The number of hydrogen-bond acceptors (Lipinski definition) is 5. The fourth-order valence-corrected chi connectivity index (χ4v) is 3.97. The van der Waals surface area contributed by atoms with E-state index in [9.17, 15) is 4.79 Å². The molecule has 6 nitrogen and oxygen atoms in total. The molecule has 3 rings (SSSR count). The highest BCUT2D eigenvalue weighted by molar-refractivity contribution is 5.79. The minimum Gasteiger partial charge on any atom is -0.399 e. The molecule has 1 aromatic carbocycles. The summed E-state index contributed by atoms with van der Waals surface area (Å²) in [5.74, 6) is -0.482. The molecule has 2 unspecified atom stereocenters. The predicted octanol–water partition coefficient (Wildman–Crippen LogP) is 1.50. The molecular formula is C19H29N3O3. The van der Waals surface area contributed by atoms with Crippen LogP contribution in [0.1, 0.15) is 24.8 Å². The van der Waals surface area contributed by atoms with Crippen molar-refractivity contribution in [3.8, 4) is 0 Å². The van der Waals surface area contributed by atoms with Crippen molar-refractivity contribution < 1.29 is 14.3 Å². The van der Waals surface area contributed by atoms with Crippen molar-refractivity contribution in [2.45, 2.75) is 43.6 Å². The summed E-state index contributed by atoms with van der Waals surface area (Å²) in [5, 5.41) is 0. The number of likely N-dealkylation sites (N-methyl/N-ethyl adjacent to an activating group) is 1. The first-order valence-electron chi connectivity index (χ1n) is 8.92. The average molecular weight is 347 g/mol. The lowest BCUT2D eigenvalue weighted by Crippen LogP contribution is -2.54. The number of benzene rings is 1. The van der Waals surface area contributed by atoms with Gasteiger partial charge in [0, 0.05) is 45.8 Å². The van der Waals surface area contributed by atoms with Crippen LogP contribution in [0.25, 0.3) is 0 Å². The number of likely N-dealkylation sites (tertiary alicyclic amines) is 1. The third-order valence-electron chi connectivity index (χ3n) is 5.81.